The van der Waals surface area contributed by atoms with Gasteiger partial charge in [-0.15, -0.1) is 0 Å². The zero-order chi connectivity index (χ0) is 10.6. The molecule has 0 heterocycles. The minimum Gasteiger partial charge on any atom is -0.481 e. The molecule has 1 N–H and O–H groups in total. The molecule has 0 unspecified atom stereocenters. The first-order chi connectivity index (χ1) is 6.61. The Morgan fingerprint density at radius 3 is 2.93 bits per heavy atom. The van der Waals surface area contributed by atoms with Gasteiger partial charge in [-0.2, -0.15) is 0 Å². The van der Waals surface area contributed by atoms with Gasteiger partial charge in [-0.1, -0.05) is 24.0 Å². The molecular formula is C11H9FO2. The zero-order valence-electron chi connectivity index (χ0n) is 7.67. The van der Waals surface area contributed by atoms with Gasteiger partial charge in [0.25, 0.3) is 0 Å². The zero-order valence-corrected chi connectivity index (χ0v) is 7.67. The van der Waals surface area contributed by atoms with Crippen LogP contribution in [0.2, 0.25) is 0 Å². The fourth-order valence-corrected chi connectivity index (χ4v) is 0.959. The lowest BCUT2D eigenvalue weighted by atomic mass is 10.1. The molecular weight excluding hydrogens is 183 g/mol. The highest BCUT2D eigenvalue weighted by molar-refractivity contribution is 5.70. The second kappa shape index (κ2) is 4.43. The van der Waals surface area contributed by atoms with Crippen molar-refractivity contribution in [2.45, 2.75) is 13.3 Å². The van der Waals surface area contributed by atoms with Crippen molar-refractivity contribution in [1.82, 2.24) is 0 Å². The van der Waals surface area contributed by atoms with Gasteiger partial charge in [-0.05, 0) is 18.6 Å². The Balaban J connectivity index is 2.90. The van der Waals surface area contributed by atoms with E-state index >= 15 is 0 Å². The fraction of sp³-hybridized carbons (Fsp3) is 0.182. The minimum absolute atomic E-state index is 0.242. The van der Waals surface area contributed by atoms with Gasteiger partial charge in [0.05, 0.1) is 5.56 Å². The van der Waals surface area contributed by atoms with Crippen LogP contribution in [0.1, 0.15) is 17.5 Å². The lowest BCUT2D eigenvalue weighted by Gasteiger charge is -1.96. The number of hydrogen-bond acceptors (Lipinski definition) is 1. The van der Waals surface area contributed by atoms with E-state index in [-0.39, 0.29) is 17.8 Å². The Morgan fingerprint density at radius 1 is 1.57 bits per heavy atom. The summed E-state index contributed by atoms with van der Waals surface area (Å²) in [5.41, 5.74) is 0.748. The fourth-order valence-electron chi connectivity index (χ4n) is 0.959. The summed E-state index contributed by atoms with van der Waals surface area (Å²) < 4.78 is 13.3. The summed E-state index contributed by atoms with van der Waals surface area (Å²) in [6.07, 6.45) is -0.270. The lowest BCUT2D eigenvalue weighted by Crippen LogP contribution is -1.91. The summed E-state index contributed by atoms with van der Waals surface area (Å²) in [6.45, 7) is 1.64. The molecule has 0 aliphatic carbocycles. The molecule has 0 aromatic heterocycles. The standard InChI is InChI=1S/C11H9FO2/c1-8-4-2-5-9(11(8)12)6-3-7-10(13)14/h2,4-5H,7H2,1H3,(H,13,14). The Hall–Kier alpha value is -1.82. The smallest absolute Gasteiger partial charge is 0.315 e. The van der Waals surface area contributed by atoms with Crippen LogP contribution in [0.5, 0.6) is 0 Å². The van der Waals surface area contributed by atoms with Crippen molar-refractivity contribution in [3.63, 3.8) is 0 Å². The summed E-state index contributed by atoms with van der Waals surface area (Å²) in [5.74, 6) is 3.47. The molecule has 3 heteroatoms. The SMILES string of the molecule is Cc1cccc(C#CCC(=O)O)c1F. The van der Waals surface area contributed by atoms with Crippen LogP contribution in [0, 0.1) is 24.6 Å². The average Bonchev–Trinajstić information content (AvgIpc) is 2.12. The van der Waals surface area contributed by atoms with Crippen LogP contribution in [0.3, 0.4) is 0 Å². The van der Waals surface area contributed by atoms with E-state index in [2.05, 4.69) is 11.8 Å². The lowest BCUT2D eigenvalue weighted by molar-refractivity contribution is -0.135. The number of benzene rings is 1. The third-order valence-electron chi connectivity index (χ3n) is 1.65. The predicted molar refractivity (Wildman–Crippen MR) is 50.3 cm³/mol. The Kier molecular flexibility index (Phi) is 3.24. The van der Waals surface area contributed by atoms with Crippen molar-refractivity contribution in [3.8, 4) is 11.8 Å². The maximum absolute atomic E-state index is 13.3. The minimum atomic E-state index is -1.01. The second-order valence-corrected chi connectivity index (χ2v) is 2.81. The molecule has 0 amide bonds. The first-order valence-corrected chi connectivity index (χ1v) is 4.07. The van der Waals surface area contributed by atoms with E-state index in [1.54, 1.807) is 19.1 Å². The van der Waals surface area contributed by atoms with Crippen LogP contribution >= 0.6 is 0 Å². The molecule has 2 nitrogen and oxygen atoms in total. The van der Waals surface area contributed by atoms with E-state index in [1.165, 1.54) is 6.07 Å². The molecule has 1 aromatic carbocycles. The van der Waals surface area contributed by atoms with Crippen LogP contribution < -0.4 is 0 Å². The van der Waals surface area contributed by atoms with Crippen LogP contribution in [0.15, 0.2) is 18.2 Å². The predicted octanol–water partition coefficient (Wildman–Crippen LogP) is 1.96. The summed E-state index contributed by atoms with van der Waals surface area (Å²) >= 11 is 0. The van der Waals surface area contributed by atoms with Gasteiger partial charge >= 0.3 is 5.97 Å². The van der Waals surface area contributed by atoms with Crippen LogP contribution in [-0.4, -0.2) is 11.1 Å². The summed E-state index contributed by atoms with van der Waals surface area (Å²) in [6, 6.07) is 4.85. The molecule has 0 bridgehead atoms. The maximum Gasteiger partial charge on any atom is 0.315 e. The normalized spacial score (nSPS) is 9.00. The van der Waals surface area contributed by atoms with E-state index in [0.29, 0.717) is 5.56 Å². The molecule has 0 saturated carbocycles. The monoisotopic (exact) mass is 192 g/mol. The van der Waals surface area contributed by atoms with Crippen molar-refractivity contribution in [2.24, 2.45) is 0 Å². The van der Waals surface area contributed by atoms with Crippen LogP contribution in [-0.2, 0) is 4.79 Å². The molecule has 0 aliphatic rings. The molecule has 0 saturated heterocycles. The third-order valence-corrected chi connectivity index (χ3v) is 1.65. The number of carboxylic acid groups (broad SMARTS) is 1. The molecule has 72 valence electrons. The van der Waals surface area contributed by atoms with Gasteiger partial charge in [0.2, 0.25) is 0 Å². The van der Waals surface area contributed by atoms with Gasteiger partial charge < -0.3 is 5.11 Å². The maximum atomic E-state index is 13.3. The quantitative estimate of drug-likeness (QED) is 0.690. The number of aryl methyl sites for hydroxylation is 1. The number of hydrogen-bond donors (Lipinski definition) is 1. The molecule has 0 radical (unpaired) electrons. The first-order valence-electron chi connectivity index (χ1n) is 4.07. The highest BCUT2D eigenvalue weighted by Crippen LogP contribution is 2.10. The second-order valence-electron chi connectivity index (χ2n) is 2.81. The van der Waals surface area contributed by atoms with Gasteiger partial charge in [0.15, 0.2) is 0 Å². The van der Waals surface area contributed by atoms with E-state index in [4.69, 9.17) is 5.11 Å². The van der Waals surface area contributed by atoms with Gasteiger partial charge in [-0.3, -0.25) is 4.79 Å². The molecule has 0 aliphatic heterocycles. The van der Waals surface area contributed by atoms with Crippen molar-refractivity contribution in [2.75, 3.05) is 0 Å². The largest absolute Gasteiger partial charge is 0.481 e. The van der Waals surface area contributed by atoms with E-state index in [0.717, 1.165) is 0 Å². The van der Waals surface area contributed by atoms with Crippen molar-refractivity contribution in [1.29, 1.82) is 0 Å². The molecule has 0 atom stereocenters. The number of rotatable bonds is 1. The highest BCUT2D eigenvalue weighted by Gasteiger charge is 2.00. The summed E-state index contributed by atoms with van der Waals surface area (Å²) in [4.78, 5) is 10.1. The van der Waals surface area contributed by atoms with Gasteiger partial charge in [0, 0.05) is 0 Å². The Bertz CT molecular complexity index is 413. The van der Waals surface area contributed by atoms with Crippen molar-refractivity contribution >= 4 is 5.97 Å². The van der Waals surface area contributed by atoms with Crippen molar-refractivity contribution in [3.05, 3.63) is 35.1 Å². The van der Waals surface area contributed by atoms with Crippen LogP contribution in [0.4, 0.5) is 4.39 Å². The van der Waals surface area contributed by atoms with Gasteiger partial charge in [-0.25, -0.2) is 4.39 Å². The average molecular weight is 192 g/mol. The van der Waals surface area contributed by atoms with E-state index in [1.807, 2.05) is 0 Å². The molecule has 1 aromatic rings. The number of aliphatic carboxylic acids is 1. The Morgan fingerprint density at radius 2 is 2.29 bits per heavy atom. The Labute approximate surface area is 81.4 Å². The highest BCUT2D eigenvalue weighted by atomic mass is 19.1. The van der Waals surface area contributed by atoms with Crippen LogP contribution in [0.25, 0.3) is 0 Å². The molecule has 14 heavy (non-hydrogen) atoms. The van der Waals surface area contributed by atoms with E-state index in [9.17, 15) is 9.18 Å². The van der Waals surface area contributed by atoms with Crippen molar-refractivity contribution < 1.29 is 14.3 Å². The topological polar surface area (TPSA) is 37.3 Å². The van der Waals surface area contributed by atoms with Gasteiger partial charge in [0.1, 0.15) is 12.2 Å². The third kappa shape index (κ3) is 2.60. The molecule has 0 spiro atoms. The number of halogens is 1. The number of carbonyl (C=O) groups is 1. The number of carboxylic acids is 1. The summed E-state index contributed by atoms with van der Waals surface area (Å²) in [5, 5.41) is 8.32. The molecule has 1 rings (SSSR count). The van der Waals surface area contributed by atoms with E-state index < -0.39 is 5.97 Å². The first kappa shape index (κ1) is 10.3. The molecule has 0 fully saturated rings. The summed E-state index contributed by atoms with van der Waals surface area (Å²) in [7, 11) is 0.